The molecule has 5 aromatic carbocycles. The zero-order chi connectivity index (χ0) is 39.5. The topological polar surface area (TPSA) is 96.6 Å². The van der Waals surface area contributed by atoms with Crippen LogP contribution in [0.1, 0.15) is 38.8 Å². The van der Waals surface area contributed by atoms with Crippen LogP contribution in [0.4, 0.5) is 22.7 Å². The van der Waals surface area contributed by atoms with Crippen molar-refractivity contribution in [3.8, 4) is 11.5 Å². The molecule has 294 valence electrons. The van der Waals surface area contributed by atoms with E-state index in [1.165, 1.54) is 11.4 Å². The van der Waals surface area contributed by atoms with E-state index in [2.05, 4.69) is 86.0 Å². The number of nitrogens with zero attached hydrogens (tertiary/aromatic N) is 6. The Hall–Kier alpha value is -5.84. The molecule has 0 aromatic heterocycles. The van der Waals surface area contributed by atoms with Gasteiger partial charge in [-0.05, 0) is 112 Å². The number of hydrazone groups is 2. The minimum Gasteiger partial charge on any atom is -0.491 e. The Morgan fingerprint density at radius 1 is 0.464 bits per heavy atom. The summed E-state index contributed by atoms with van der Waals surface area (Å²) in [7, 11) is 0. The van der Waals surface area contributed by atoms with Crippen LogP contribution in [0.25, 0.3) is 0 Å². The van der Waals surface area contributed by atoms with E-state index in [1.54, 1.807) is 34.3 Å². The quantitative estimate of drug-likeness (QED) is 0.0543. The minimum atomic E-state index is -0.814. The molecule has 0 bridgehead atoms. The Balaban J connectivity index is 1.12. The second-order valence-electron chi connectivity index (χ2n) is 13.3. The molecule has 0 aliphatic heterocycles. The number of hydrogen-bond donors (Lipinski definition) is 2. The standard InChI is InChI=1S/C46H56N6O4/c1-5-49(6-2)39-23-19-37(20-24-39)31-47-51(41-15-11-9-12-16-41)33-43(53)35-55-45-27-29-46(30-28-45)56-36-44(54)34-52(42-17-13-10-14-18-42)48-32-38-21-25-40(26-22-38)50(7-3)8-4/h9-32,43-44,53-54H,5-8,33-36H2,1-4H3. The molecule has 5 rings (SSSR count). The zero-order valence-corrected chi connectivity index (χ0v) is 33.1. The Morgan fingerprint density at radius 3 is 1.12 bits per heavy atom. The van der Waals surface area contributed by atoms with Gasteiger partial charge in [0, 0.05) is 37.6 Å². The third kappa shape index (κ3) is 12.6. The normalized spacial score (nSPS) is 12.4. The monoisotopic (exact) mass is 756 g/mol. The smallest absolute Gasteiger partial charge is 0.119 e. The molecule has 10 heteroatoms. The van der Waals surface area contributed by atoms with E-state index in [0.29, 0.717) is 11.5 Å². The van der Waals surface area contributed by atoms with Gasteiger partial charge in [-0.3, -0.25) is 10.0 Å². The van der Waals surface area contributed by atoms with E-state index in [9.17, 15) is 10.2 Å². The summed E-state index contributed by atoms with van der Waals surface area (Å²) in [4.78, 5) is 4.59. The zero-order valence-electron chi connectivity index (χ0n) is 33.1. The maximum absolute atomic E-state index is 11.0. The van der Waals surface area contributed by atoms with E-state index in [1.807, 2.05) is 73.1 Å². The summed E-state index contributed by atoms with van der Waals surface area (Å²) in [6, 6.07) is 43.3. The molecule has 0 spiro atoms. The first kappa shape index (κ1) is 41.3. The summed E-state index contributed by atoms with van der Waals surface area (Å²) in [6.45, 7) is 13.0. The predicted molar refractivity (Wildman–Crippen MR) is 232 cm³/mol. The highest BCUT2D eigenvalue weighted by atomic mass is 16.5. The van der Waals surface area contributed by atoms with E-state index < -0.39 is 12.2 Å². The van der Waals surface area contributed by atoms with E-state index in [0.717, 1.165) is 48.7 Å². The van der Waals surface area contributed by atoms with Crippen molar-refractivity contribution in [2.24, 2.45) is 10.2 Å². The van der Waals surface area contributed by atoms with E-state index in [-0.39, 0.29) is 26.3 Å². The largest absolute Gasteiger partial charge is 0.491 e. The number of anilines is 4. The van der Waals surface area contributed by atoms with Crippen LogP contribution in [0.3, 0.4) is 0 Å². The molecule has 0 aliphatic carbocycles. The number of benzene rings is 5. The molecule has 0 aliphatic rings. The van der Waals surface area contributed by atoms with Crippen molar-refractivity contribution < 1.29 is 19.7 Å². The van der Waals surface area contributed by atoms with Crippen LogP contribution >= 0.6 is 0 Å². The first-order valence-corrected chi connectivity index (χ1v) is 19.5. The number of rotatable bonds is 22. The average molecular weight is 757 g/mol. The molecule has 0 saturated heterocycles. The van der Waals surface area contributed by atoms with Crippen molar-refractivity contribution in [2.45, 2.75) is 39.9 Å². The first-order valence-electron chi connectivity index (χ1n) is 19.5. The molecule has 0 heterocycles. The first-order chi connectivity index (χ1) is 27.4. The highest BCUT2D eigenvalue weighted by Crippen LogP contribution is 2.21. The SMILES string of the molecule is CCN(CC)c1ccc(C=NN(CC(O)COc2ccc(OCC(O)CN(N=Cc3ccc(N(CC)CC)cc3)c3ccccc3)cc2)c2ccccc2)cc1. The van der Waals surface area contributed by atoms with Crippen LogP contribution in [0.15, 0.2) is 144 Å². The Bertz CT molecular complexity index is 1740. The molecule has 56 heavy (non-hydrogen) atoms. The molecule has 2 atom stereocenters. The van der Waals surface area contributed by atoms with Gasteiger partial charge in [0.15, 0.2) is 0 Å². The molecule has 5 aromatic rings. The fraction of sp³-hybridized carbons (Fsp3) is 0.304. The maximum Gasteiger partial charge on any atom is 0.119 e. The predicted octanol–water partition coefficient (Wildman–Crippen LogP) is 7.94. The molecule has 2 unspecified atom stereocenters. The van der Waals surface area contributed by atoms with Gasteiger partial charge < -0.3 is 29.5 Å². The second-order valence-corrected chi connectivity index (χ2v) is 13.3. The Kier molecular flexibility index (Phi) is 16.2. The molecular weight excluding hydrogens is 701 g/mol. The second kappa shape index (κ2) is 21.9. The highest BCUT2D eigenvalue weighted by molar-refractivity contribution is 5.82. The molecule has 2 N–H and O–H groups in total. The Labute approximate surface area is 332 Å². The highest BCUT2D eigenvalue weighted by Gasteiger charge is 2.15. The Morgan fingerprint density at radius 2 is 0.804 bits per heavy atom. The van der Waals surface area contributed by atoms with Crippen molar-refractivity contribution in [3.63, 3.8) is 0 Å². The van der Waals surface area contributed by atoms with Crippen molar-refractivity contribution in [1.29, 1.82) is 0 Å². The van der Waals surface area contributed by atoms with Crippen LogP contribution in [0.2, 0.25) is 0 Å². The van der Waals surface area contributed by atoms with Gasteiger partial charge in [-0.2, -0.15) is 10.2 Å². The van der Waals surface area contributed by atoms with Crippen molar-refractivity contribution in [2.75, 3.05) is 72.3 Å². The van der Waals surface area contributed by atoms with Gasteiger partial charge in [-0.1, -0.05) is 60.7 Å². The molecule has 0 fully saturated rings. The van der Waals surface area contributed by atoms with Crippen LogP contribution in [0, 0.1) is 0 Å². The van der Waals surface area contributed by atoms with E-state index in [4.69, 9.17) is 19.7 Å². The number of aliphatic hydroxyl groups excluding tert-OH is 2. The lowest BCUT2D eigenvalue weighted by Gasteiger charge is -2.23. The maximum atomic E-state index is 11.0. The fourth-order valence-corrected chi connectivity index (χ4v) is 6.15. The van der Waals surface area contributed by atoms with Gasteiger partial charge in [-0.15, -0.1) is 0 Å². The van der Waals surface area contributed by atoms with Crippen molar-refractivity contribution in [1.82, 2.24) is 0 Å². The molecule has 10 nitrogen and oxygen atoms in total. The van der Waals surface area contributed by atoms with Gasteiger partial charge in [0.25, 0.3) is 0 Å². The molecule has 0 saturated carbocycles. The number of ether oxygens (including phenoxy) is 2. The third-order valence-electron chi connectivity index (χ3n) is 9.32. The summed E-state index contributed by atoms with van der Waals surface area (Å²) < 4.78 is 11.9. The van der Waals surface area contributed by atoms with Gasteiger partial charge in [0.1, 0.15) is 36.9 Å². The van der Waals surface area contributed by atoms with Gasteiger partial charge in [0.05, 0.1) is 36.9 Å². The molecule has 0 radical (unpaired) electrons. The van der Waals surface area contributed by atoms with Crippen molar-refractivity contribution in [3.05, 3.63) is 145 Å². The van der Waals surface area contributed by atoms with Gasteiger partial charge in [0.2, 0.25) is 0 Å². The molecule has 0 amide bonds. The third-order valence-corrected chi connectivity index (χ3v) is 9.32. The average Bonchev–Trinajstić information content (AvgIpc) is 3.25. The summed E-state index contributed by atoms with van der Waals surface area (Å²) >= 11 is 0. The number of aliphatic hydroxyl groups is 2. The lowest BCUT2D eigenvalue weighted by Crippen LogP contribution is -2.33. The number of para-hydroxylation sites is 2. The van der Waals surface area contributed by atoms with Crippen LogP contribution < -0.4 is 29.3 Å². The van der Waals surface area contributed by atoms with Crippen molar-refractivity contribution >= 4 is 35.2 Å². The summed E-state index contributed by atoms with van der Waals surface area (Å²) in [5, 5.41) is 35.0. The van der Waals surface area contributed by atoms with Crippen LogP contribution in [-0.2, 0) is 0 Å². The van der Waals surface area contributed by atoms with Crippen LogP contribution in [-0.4, -0.2) is 87.3 Å². The molecular formula is C46H56N6O4. The summed E-state index contributed by atoms with van der Waals surface area (Å²) in [5.74, 6) is 1.18. The summed E-state index contributed by atoms with van der Waals surface area (Å²) in [5.41, 5.74) is 6.03. The number of hydrogen-bond acceptors (Lipinski definition) is 10. The van der Waals surface area contributed by atoms with E-state index >= 15 is 0 Å². The van der Waals surface area contributed by atoms with Crippen LogP contribution in [0.5, 0.6) is 11.5 Å². The minimum absolute atomic E-state index is 0.0756. The lowest BCUT2D eigenvalue weighted by atomic mass is 10.2. The lowest BCUT2D eigenvalue weighted by molar-refractivity contribution is 0.110. The van der Waals surface area contributed by atoms with Gasteiger partial charge in [-0.25, -0.2) is 0 Å². The van der Waals surface area contributed by atoms with Gasteiger partial charge >= 0.3 is 0 Å². The fourth-order valence-electron chi connectivity index (χ4n) is 6.15. The summed E-state index contributed by atoms with van der Waals surface area (Å²) in [6.07, 6.45) is 1.99.